The van der Waals surface area contributed by atoms with E-state index < -0.39 is 5.69 Å². The number of aromatic amines is 1. The smallest absolute Gasteiger partial charge is 0.297 e. The molecule has 0 spiro atoms. The molecular weight excluding hydrogens is 390 g/mol. The van der Waals surface area contributed by atoms with Gasteiger partial charge in [0.25, 0.3) is 5.56 Å². The molecule has 0 radical (unpaired) electrons. The van der Waals surface area contributed by atoms with E-state index in [0.717, 1.165) is 46.0 Å². The summed E-state index contributed by atoms with van der Waals surface area (Å²) in [4.78, 5) is 29.7. The maximum absolute atomic E-state index is 12.8. The quantitative estimate of drug-likeness (QED) is 0.667. The molecule has 3 aromatic rings. The molecule has 1 aromatic carbocycles. The van der Waals surface area contributed by atoms with Gasteiger partial charge in [-0.1, -0.05) is 28.1 Å². The van der Waals surface area contributed by atoms with Crippen LogP contribution in [0.25, 0.3) is 10.2 Å². The van der Waals surface area contributed by atoms with Crippen LogP contribution in [-0.2, 0) is 12.8 Å². The number of H-pyrrole nitrogens is 1. The minimum absolute atomic E-state index is 0.332. The molecule has 0 unspecified atom stereocenters. The third kappa shape index (κ3) is 2.67. The predicted octanol–water partition coefficient (Wildman–Crippen LogP) is 3.27. The summed E-state index contributed by atoms with van der Waals surface area (Å²) in [6, 6.07) is 7.48. The number of fused-ring (bicyclic) bond motifs is 3. The van der Waals surface area contributed by atoms with Gasteiger partial charge in [0.2, 0.25) is 0 Å². The van der Waals surface area contributed by atoms with E-state index in [1.807, 2.05) is 24.3 Å². The Morgan fingerprint density at radius 1 is 1.17 bits per heavy atom. The van der Waals surface area contributed by atoms with Crippen LogP contribution in [0.4, 0.5) is 0 Å². The highest BCUT2D eigenvalue weighted by atomic mass is 79.9. The fourth-order valence-electron chi connectivity index (χ4n) is 3.01. The fraction of sp³-hybridized carbons (Fsp3) is 0.235. The van der Waals surface area contributed by atoms with E-state index in [2.05, 4.69) is 26.0 Å². The number of nitrogens with one attached hydrogen (secondary N) is 1. The molecule has 2 aromatic heterocycles. The van der Waals surface area contributed by atoms with Crippen molar-refractivity contribution in [2.75, 3.05) is 0 Å². The third-order valence-corrected chi connectivity index (χ3v) is 5.92. The van der Waals surface area contributed by atoms with Gasteiger partial charge in [-0.05, 0) is 48.9 Å². The van der Waals surface area contributed by atoms with Gasteiger partial charge in [0.05, 0.1) is 11.6 Å². The van der Waals surface area contributed by atoms with Gasteiger partial charge in [-0.3, -0.25) is 9.78 Å². The monoisotopic (exact) mass is 403 g/mol. The number of hydrogen-bond acceptors (Lipinski definition) is 4. The van der Waals surface area contributed by atoms with Crippen molar-refractivity contribution in [1.82, 2.24) is 9.66 Å². The van der Waals surface area contributed by atoms with Crippen LogP contribution in [0.3, 0.4) is 0 Å². The summed E-state index contributed by atoms with van der Waals surface area (Å²) in [7, 11) is 0. The first-order valence-corrected chi connectivity index (χ1v) is 9.34. The SMILES string of the molecule is O=c1[nH]c2sc3c(c2c(=O)n1N=Cc1ccc(Br)cc1)CCCC3. The van der Waals surface area contributed by atoms with Crippen LogP contribution < -0.4 is 11.2 Å². The Morgan fingerprint density at radius 2 is 1.92 bits per heavy atom. The second-order valence-electron chi connectivity index (χ2n) is 5.76. The summed E-state index contributed by atoms with van der Waals surface area (Å²) in [6.45, 7) is 0. The normalized spacial score (nSPS) is 14.4. The molecule has 5 nitrogen and oxygen atoms in total. The molecule has 0 atom stereocenters. The predicted molar refractivity (Wildman–Crippen MR) is 100 cm³/mol. The fourth-order valence-corrected chi connectivity index (χ4v) is 4.54. The van der Waals surface area contributed by atoms with Crippen molar-refractivity contribution in [3.8, 4) is 0 Å². The molecule has 1 aliphatic carbocycles. The number of hydrogen-bond donors (Lipinski definition) is 1. The van der Waals surface area contributed by atoms with Gasteiger partial charge in [-0.2, -0.15) is 5.10 Å². The molecule has 0 fully saturated rings. The first-order chi connectivity index (χ1) is 11.6. The highest BCUT2D eigenvalue weighted by molar-refractivity contribution is 9.10. The first-order valence-electron chi connectivity index (χ1n) is 7.73. The number of benzene rings is 1. The van der Waals surface area contributed by atoms with Crippen molar-refractivity contribution in [1.29, 1.82) is 0 Å². The third-order valence-electron chi connectivity index (χ3n) is 4.18. The van der Waals surface area contributed by atoms with Crippen molar-refractivity contribution in [3.05, 3.63) is 65.6 Å². The molecule has 4 rings (SSSR count). The highest BCUT2D eigenvalue weighted by Crippen LogP contribution is 2.32. The van der Waals surface area contributed by atoms with Crippen molar-refractivity contribution >= 4 is 43.7 Å². The molecule has 24 heavy (non-hydrogen) atoms. The van der Waals surface area contributed by atoms with Gasteiger partial charge in [-0.15, -0.1) is 16.0 Å². The Bertz CT molecular complexity index is 1060. The number of aromatic nitrogens is 2. The first kappa shape index (κ1) is 15.5. The standard InChI is InChI=1S/C17H14BrN3O2S/c18-11-7-5-10(6-8-11)9-19-21-16(22)14-12-3-1-2-4-13(12)24-15(14)20-17(21)23/h5-9H,1-4H2,(H,20,23). The minimum atomic E-state index is -0.501. The van der Waals surface area contributed by atoms with E-state index in [1.165, 1.54) is 22.4 Å². The van der Waals surface area contributed by atoms with Crippen molar-refractivity contribution in [3.63, 3.8) is 0 Å². The second kappa shape index (κ2) is 6.14. The minimum Gasteiger partial charge on any atom is -0.297 e. The van der Waals surface area contributed by atoms with E-state index in [4.69, 9.17) is 0 Å². The summed E-state index contributed by atoms with van der Waals surface area (Å²) in [5.41, 5.74) is 1.08. The Labute approximate surface area is 149 Å². The number of rotatable bonds is 2. The molecule has 1 aliphatic rings. The molecule has 2 heterocycles. The molecule has 1 N–H and O–H groups in total. The van der Waals surface area contributed by atoms with Gasteiger partial charge >= 0.3 is 5.69 Å². The van der Waals surface area contributed by atoms with E-state index in [0.29, 0.717) is 10.2 Å². The Balaban J connectivity index is 1.85. The van der Waals surface area contributed by atoms with E-state index in [-0.39, 0.29) is 5.56 Å². The van der Waals surface area contributed by atoms with Crippen molar-refractivity contribution in [2.45, 2.75) is 25.7 Å². The van der Waals surface area contributed by atoms with E-state index in [1.54, 1.807) is 0 Å². The van der Waals surface area contributed by atoms with Crippen LogP contribution in [0.1, 0.15) is 28.8 Å². The summed E-state index contributed by atoms with van der Waals surface area (Å²) in [5.74, 6) is 0. The summed E-state index contributed by atoms with van der Waals surface area (Å²) >= 11 is 4.90. The summed E-state index contributed by atoms with van der Waals surface area (Å²) in [5, 5.41) is 4.74. The zero-order valence-electron chi connectivity index (χ0n) is 12.7. The molecule has 0 saturated heterocycles. The lowest BCUT2D eigenvalue weighted by molar-refractivity contribution is 0.698. The summed E-state index contributed by atoms with van der Waals surface area (Å²) in [6.07, 6.45) is 5.62. The van der Waals surface area contributed by atoms with Crippen LogP contribution >= 0.6 is 27.3 Å². The zero-order chi connectivity index (χ0) is 16.7. The zero-order valence-corrected chi connectivity index (χ0v) is 15.1. The van der Waals surface area contributed by atoms with Crippen molar-refractivity contribution < 1.29 is 0 Å². The number of halogens is 1. The topological polar surface area (TPSA) is 67.2 Å². The summed E-state index contributed by atoms with van der Waals surface area (Å²) < 4.78 is 1.88. The maximum Gasteiger partial charge on any atom is 0.350 e. The molecule has 0 saturated carbocycles. The van der Waals surface area contributed by atoms with Gasteiger partial charge < -0.3 is 0 Å². The average molecular weight is 404 g/mol. The second-order valence-corrected chi connectivity index (χ2v) is 7.78. The van der Waals surface area contributed by atoms with Gasteiger partial charge in [0.1, 0.15) is 4.83 Å². The Morgan fingerprint density at radius 3 is 2.71 bits per heavy atom. The van der Waals surface area contributed by atoms with Crippen LogP contribution in [0, 0.1) is 0 Å². The van der Waals surface area contributed by atoms with Crippen LogP contribution in [0.5, 0.6) is 0 Å². The van der Waals surface area contributed by atoms with Crippen LogP contribution in [0.2, 0.25) is 0 Å². The van der Waals surface area contributed by atoms with Gasteiger partial charge in [-0.25, -0.2) is 4.79 Å². The molecule has 7 heteroatoms. The molecule has 0 amide bonds. The highest BCUT2D eigenvalue weighted by Gasteiger charge is 2.20. The lowest BCUT2D eigenvalue weighted by Crippen LogP contribution is -2.32. The Hall–Kier alpha value is -1.99. The number of nitrogens with zero attached hydrogens (tertiary/aromatic N) is 2. The molecule has 0 aliphatic heterocycles. The van der Waals surface area contributed by atoms with Crippen molar-refractivity contribution in [2.24, 2.45) is 5.10 Å². The van der Waals surface area contributed by atoms with E-state index >= 15 is 0 Å². The lowest BCUT2D eigenvalue weighted by atomic mass is 9.97. The van der Waals surface area contributed by atoms with Crippen LogP contribution in [-0.4, -0.2) is 15.9 Å². The van der Waals surface area contributed by atoms with Crippen LogP contribution in [0.15, 0.2) is 43.4 Å². The molecule has 0 bridgehead atoms. The Kier molecular flexibility index (Phi) is 3.97. The molecular formula is C17H14BrN3O2S. The van der Waals surface area contributed by atoms with Gasteiger partial charge in [0, 0.05) is 9.35 Å². The van der Waals surface area contributed by atoms with Gasteiger partial charge in [0.15, 0.2) is 0 Å². The number of thiophene rings is 1. The number of aryl methyl sites for hydroxylation is 2. The van der Waals surface area contributed by atoms with E-state index in [9.17, 15) is 9.59 Å². The maximum atomic E-state index is 12.8. The lowest BCUT2D eigenvalue weighted by Gasteiger charge is -2.09. The average Bonchev–Trinajstić information content (AvgIpc) is 2.94. The largest absolute Gasteiger partial charge is 0.350 e. The molecule has 122 valence electrons.